The fraction of sp³-hybridized carbons (Fsp3) is 0.0714. The lowest BCUT2D eigenvalue weighted by Crippen LogP contribution is -1.99. The third-order valence-electron chi connectivity index (χ3n) is 2.71. The summed E-state index contributed by atoms with van der Waals surface area (Å²) in [6.45, 7) is 0.720. The highest BCUT2D eigenvalue weighted by atomic mass is 79.9. The Hall–Kier alpha value is -1.81. The average Bonchev–Trinajstić information content (AvgIpc) is 2.79. The van der Waals surface area contributed by atoms with Crippen LogP contribution in [0.4, 0.5) is 5.69 Å². The zero-order valence-corrected chi connectivity index (χ0v) is 11.3. The summed E-state index contributed by atoms with van der Waals surface area (Å²) in [6, 6.07) is 14.1. The minimum absolute atomic E-state index is 0.720. The smallest absolute Gasteiger partial charge is 0.137 e. The lowest BCUT2D eigenvalue weighted by atomic mass is 10.3. The highest BCUT2D eigenvalue weighted by molar-refractivity contribution is 9.10. The number of benzene rings is 1. The van der Waals surface area contributed by atoms with Gasteiger partial charge in [-0.15, -0.1) is 0 Å². The van der Waals surface area contributed by atoms with Gasteiger partial charge in [-0.2, -0.15) is 0 Å². The first kappa shape index (κ1) is 11.3. The van der Waals surface area contributed by atoms with Gasteiger partial charge in [-0.05, 0) is 30.3 Å². The molecule has 0 aliphatic heterocycles. The summed E-state index contributed by atoms with van der Waals surface area (Å²) in [5.74, 6) is 0. The van der Waals surface area contributed by atoms with Gasteiger partial charge in [-0.1, -0.05) is 28.1 Å². The summed E-state index contributed by atoms with van der Waals surface area (Å²) in [4.78, 5) is 4.54. The maximum absolute atomic E-state index is 4.54. The number of fused-ring (bicyclic) bond motifs is 1. The number of anilines is 1. The van der Waals surface area contributed by atoms with Gasteiger partial charge < -0.3 is 9.72 Å². The van der Waals surface area contributed by atoms with Crippen molar-refractivity contribution in [1.29, 1.82) is 0 Å². The number of rotatable bonds is 3. The molecule has 1 N–H and O–H groups in total. The van der Waals surface area contributed by atoms with Gasteiger partial charge in [-0.3, -0.25) is 0 Å². The van der Waals surface area contributed by atoms with Crippen LogP contribution in [0.25, 0.3) is 5.65 Å². The van der Waals surface area contributed by atoms with E-state index in [0.717, 1.165) is 28.0 Å². The van der Waals surface area contributed by atoms with Crippen LogP contribution in [0, 0.1) is 0 Å². The quantitative estimate of drug-likeness (QED) is 0.799. The van der Waals surface area contributed by atoms with Gasteiger partial charge in [0.15, 0.2) is 0 Å². The average molecular weight is 302 g/mol. The summed E-state index contributed by atoms with van der Waals surface area (Å²) < 4.78 is 3.10. The fourth-order valence-electron chi connectivity index (χ4n) is 1.86. The Morgan fingerprint density at radius 3 is 2.94 bits per heavy atom. The van der Waals surface area contributed by atoms with Crippen LogP contribution in [-0.2, 0) is 6.54 Å². The maximum Gasteiger partial charge on any atom is 0.137 e. The summed E-state index contributed by atoms with van der Waals surface area (Å²) in [7, 11) is 0. The van der Waals surface area contributed by atoms with E-state index in [1.165, 1.54) is 0 Å². The number of imidazole rings is 1. The van der Waals surface area contributed by atoms with E-state index < -0.39 is 0 Å². The molecule has 2 heterocycles. The molecule has 0 unspecified atom stereocenters. The molecule has 0 saturated carbocycles. The predicted molar refractivity (Wildman–Crippen MR) is 76.7 cm³/mol. The van der Waals surface area contributed by atoms with Gasteiger partial charge >= 0.3 is 0 Å². The van der Waals surface area contributed by atoms with E-state index in [4.69, 9.17) is 0 Å². The SMILES string of the molecule is Brc1cccc(NCc2cn3ccccc3n2)c1. The molecule has 0 aliphatic carbocycles. The first-order valence-electron chi connectivity index (χ1n) is 5.73. The molecule has 0 radical (unpaired) electrons. The third-order valence-corrected chi connectivity index (χ3v) is 3.21. The van der Waals surface area contributed by atoms with Crippen LogP contribution in [-0.4, -0.2) is 9.38 Å². The van der Waals surface area contributed by atoms with Crippen molar-refractivity contribution >= 4 is 27.3 Å². The van der Waals surface area contributed by atoms with E-state index in [1.54, 1.807) is 0 Å². The first-order chi connectivity index (χ1) is 8.81. The second-order valence-electron chi connectivity index (χ2n) is 4.06. The predicted octanol–water partition coefficient (Wildman–Crippen LogP) is 3.71. The van der Waals surface area contributed by atoms with E-state index in [1.807, 2.05) is 53.2 Å². The molecule has 18 heavy (non-hydrogen) atoms. The monoisotopic (exact) mass is 301 g/mol. The molecule has 0 aliphatic rings. The normalized spacial score (nSPS) is 10.7. The zero-order chi connectivity index (χ0) is 12.4. The Bertz CT molecular complexity index is 642. The van der Waals surface area contributed by atoms with Gasteiger partial charge in [-0.25, -0.2) is 4.98 Å². The highest BCUT2D eigenvalue weighted by Gasteiger charge is 2.00. The molecule has 0 saturated heterocycles. The maximum atomic E-state index is 4.54. The molecule has 3 aromatic rings. The lowest BCUT2D eigenvalue weighted by Gasteiger charge is -2.04. The minimum Gasteiger partial charge on any atom is -0.379 e. The van der Waals surface area contributed by atoms with Crippen molar-refractivity contribution in [2.75, 3.05) is 5.32 Å². The molecule has 2 aromatic heterocycles. The van der Waals surface area contributed by atoms with Crippen molar-refractivity contribution in [1.82, 2.24) is 9.38 Å². The van der Waals surface area contributed by atoms with Crippen LogP contribution < -0.4 is 5.32 Å². The molecule has 90 valence electrons. The minimum atomic E-state index is 0.720. The lowest BCUT2D eigenvalue weighted by molar-refractivity contribution is 1.08. The molecule has 0 bridgehead atoms. The van der Waals surface area contributed by atoms with Crippen molar-refractivity contribution in [2.24, 2.45) is 0 Å². The van der Waals surface area contributed by atoms with Crippen LogP contribution in [0.1, 0.15) is 5.69 Å². The van der Waals surface area contributed by atoms with Crippen LogP contribution in [0.3, 0.4) is 0 Å². The number of hydrogen-bond acceptors (Lipinski definition) is 2. The molecular weight excluding hydrogens is 290 g/mol. The van der Waals surface area contributed by atoms with Crippen molar-refractivity contribution in [3.05, 3.63) is 65.0 Å². The van der Waals surface area contributed by atoms with Crippen molar-refractivity contribution in [2.45, 2.75) is 6.54 Å². The number of hydrogen-bond donors (Lipinski definition) is 1. The number of halogens is 1. The van der Waals surface area contributed by atoms with E-state index >= 15 is 0 Å². The van der Waals surface area contributed by atoms with Crippen LogP contribution in [0.15, 0.2) is 59.3 Å². The van der Waals surface area contributed by atoms with Crippen LogP contribution >= 0.6 is 15.9 Å². The summed E-state index contributed by atoms with van der Waals surface area (Å²) in [5, 5.41) is 3.36. The van der Waals surface area contributed by atoms with Crippen molar-refractivity contribution < 1.29 is 0 Å². The molecule has 1 aromatic carbocycles. The van der Waals surface area contributed by atoms with Gasteiger partial charge in [0.2, 0.25) is 0 Å². The molecule has 0 amide bonds. The Balaban J connectivity index is 1.76. The van der Waals surface area contributed by atoms with Gasteiger partial charge in [0, 0.05) is 22.6 Å². The highest BCUT2D eigenvalue weighted by Crippen LogP contribution is 2.16. The van der Waals surface area contributed by atoms with E-state index in [0.29, 0.717) is 0 Å². The van der Waals surface area contributed by atoms with Crippen LogP contribution in [0.2, 0.25) is 0 Å². The summed E-state index contributed by atoms with van der Waals surface area (Å²) in [5.41, 5.74) is 3.09. The molecule has 0 spiro atoms. The Labute approximate surface area is 114 Å². The molecule has 0 atom stereocenters. The summed E-state index contributed by atoms with van der Waals surface area (Å²) in [6.07, 6.45) is 4.05. The molecule has 3 rings (SSSR count). The Kier molecular flexibility index (Phi) is 3.02. The first-order valence-corrected chi connectivity index (χ1v) is 6.53. The topological polar surface area (TPSA) is 29.3 Å². The fourth-order valence-corrected chi connectivity index (χ4v) is 2.26. The van der Waals surface area contributed by atoms with E-state index in [2.05, 4.69) is 32.3 Å². The third kappa shape index (κ3) is 2.38. The second-order valence-corrected chi connectivity index (χ2v) is 4.98. The number of pyridine rings is 1. The molecule has 4 heteroatoms. The molecule has 0 fully saturated rings. The number of nitrogens with one attached hydrogen (secondary N) is 1. The van der Waals surface area contributed by atoms with Crippen molar-refractivity contribution in [3.63, 3.8) is 0 Å². The zero-order valence-electron chi connectivity index (χ0n) is 9.68. The summed E-state index contributed by atoms with van der Waals surface area (Å²) >= 11 is 3.46. The van der Waals surface area contributed by atoms with Gasteiger partial charge in [0.25, 0.3) is 0 Å². The number of nitrogens with zero attached hydrogens (tertiary/aromatic N) is 2. The van der Waals surface area contributed by atoms with Gasteiger partial charge in [0.05, 0.1) is 12.2 Å². The Morgan fingerprint density at radius 1 is 1.17 bits per heavy atom. The van der Waals surface area contributed by atoms with Gasteiger partial charge in [0.1, 0.15) is 5.65 Å². The second kappa shape index (κ2) is 4.82. The van der Waals surface area contributed by atoms with E-state index in [-0.39, 0.29) is 0 Å². The van der Waals surface area contributed by atoms with Crippen LogP contribution in [0.5, 0.6) is 0 Å². The van der Waals surface area contributed by atoms with Crippen molar-refractivity contribution in [3.8, 4) is 0 Å². The molecule has 3 nitrogen and oxygen atoms in total. The standard InChI is InChI=1S/C14H12BrN3/c15-11-4-3-5-12(8-11)16-9-13-10-18-7-2-1-6-14(18)17-13/h1-8,10,16H,9H2. The largest absolute Gasteiger partial charge is 0.379 e. The Morgan fingerprint density at radius 2 is 2.11 bits per heavy atom. The van der Waals surface area contributed by atoms with E-state index in [9.17, 15) is 0 Å². The number of aromatic nitrogens is 2. The molecular formula is C14H12BrN3.